The summed E-state index contributed by atoms with van der Waals surface area (Å²) in [5.41, 5.74) is 2.83. The van der Waals surface area contributed by atoms with Crippen LogP contribution >= 0.6 is 0 Å². The number of hydrogen-bond acceptors (Lipinski definition) is 6. The van der Waals surface area contributed by atoms with Crippen molar-refractivity contribution in [3.8, 4) is 17.2 Å². The normalized spacial score (nSPS) is 13.9. The van der Waals surface area contributed by atoms with E-state index in [9.17, 15) is 18.8 Å². The second-order valence-corrected chi connectivity index (χ2v) is 10.1. The lowest BCUT2D eigenvalue weighted by Crippen LogP contribution is -2.54. The summed E-state index contributed by atoms with van der Waals surface area (Å²) in [6, 6.07) is 24.7. The fourth-order valence-corrected chi connectivity index (χ4v) is 4.77. The van der Waals surface area contributed by atoms with Crippen molar-refractivity contribution in [2.45, 2.75) is 26.6 Å². The highest BCUT2D eigenvalue weighted by Crippen LogP contribution is 2.36. The molecule has 0 aromatic heterocycles. The van der Waals surface area contributed by atoms with Crippen molar-refractivity contribution < 1.29 is 33.0 Å². The van der Waals surface area contributed by atoms with E-state index in [0.29, 0.717) is 53.6 Å². The fourth-order valence-electron chi connectivity index (χ4n) is 4.77. The Morgan fingerprint density at radius 3 is 2.29 bits per heavy atom. The van der Waals surface area contributed by atoms with Crippen LogP contribution in [0.2, 0.25) is 0 Å². The van der Waals surface area contributed by atoms with Crippen LogP contribution in [0.15, 0.2) is 109 Å². The lowest BCUT2D eigenvalue weighted by molar-refractivity contribution is -0.122. The Morgan fingerprint density at radius 1 is 0.844 bits per heavy atom. The van der Waals surface area contributed by atoms with Crippen molar-refractivity contribution in [3.05, 3.63) is 137 Å². The van der Waals surface area contributed by atoms with E-state index in [1.807, 2.05) is 37.3 Å². The molecule has 0 aliphatic carbocycles. The average molecular weight is 607 g/mol. The molecule has 4 aromatic rings. The maximum absolute atomic E-state index is 13.7. The first kappa shape index (κ1) is 30.7. The van der Waals surface area contributed by atoms with Crippen molar-refractivity contribution in [1.82, 2.24) is 5.32 Å². The van der Waals surface area contributed by atoms with Crippen LogP contribution in [0.3, 0.4) is 0 Å². The maximum Gasteiger partial charge on any atom is 0.335 e. The summed E-state index contributed by atoms with van der Waals surface area (Å²) in [7, 11) is 0. The SMILES string of the molecule is C=CCc1cc(/C=C2\C(=O)NC(=O)N(c3ccc(OCc4ccccc4)cc3)C2=O)cc(OCC)c1OCc1cccc(F)c1. The van der Waals surface area contributed by atoms with Crippen molar-refractivity contribution in [2.24, 2.45) is 0 Å². The number of halogens is 1. The van der Waals surface area contributed by atoms with Crippen LogP contribution in [0.5, 0.6) is 17.2 Å². The third kappa shape index (κ3) is 7.45. The van der Waals surface area contributed by atoms with Gasteiger partial charge in [0.05, 0.1) is 12.3 Å². The Hall–Kier alpha value is -5.70. The van der Waals surface area contributed by atoms with Crippen LogP contribution in [0.25, 0.3) is 6.08 Å². The molecular formula is C36H31FN2O6. The summed E-state index contributed by atoms with van der Waals surface area (Å²) in [5, 5.41) is 2.25. The molecule has 1 saturated heterocycles. The summed E-state index contributed by atoms with van der Waals surface area (Å²) < 4.78 is 31.5. The summed E-state index contributed by atoms with van der Waals surface area (Å²) in [6.45, 7) is 6.41. The van der Waals surface area contributed by atoms with Crippen LogP contribution in [0, 0.1) is 5.82 Å². The minimum Gasteiger partial charge on any atom is -0.490 e. The van der Waals surface area contributed by atoms with Gasteiger partial charge in [0.1, 0.15) is 30.4 Å². The van der Waals surface area contributed by atoms with Gasteiger partial charge in [0, 0.05) is 5.56 Å². The number of nitrogens with one attached hydrogen (secondary N) is 1. The molecule has 4 aromatic carbocycles. The van der Waals surface area contributed by atoms with E-state index in [1.165, 1.54) is 18.2 Å². The zero-order valence-corrected chi connectivity index (χ0v) is 24.6. The molecule has 1 aliphatic rings. The third-order valence-electron chi connectivity index (χ3n) is 6.85. The molecule has 0 spiro atoms. The predicted octanol–water partition coefficient (Wildman–Crippen LogP) is 6.78. The predicted molar refractivity (Wildman–Crippen MR) is 168 cm³/mol. The first-order valence-corrected chi connectivity index (χ1v) is 14.3. The molecule has 45 heavy (non-hydrogen) atoms. The maximum atomic E-state index is 13.7. The minimum absolute atomic E-state index is 0.0937. The van der Waals surface area contributed by atoms with E-state index in [2.05, 4.69) is 11.9 Å². The number of nitrogens with zero attached hydrogens (tertiary/aromatic N) is 1. The minimum atomic E-state index is -0.858. The van der Waals surface area contributed by atoms with Crippen LogP contribution in [-0.4, -0.2) is 24.5 Å². The van der Waals surface area contributed by atoms with E-state index in [-0.39, 0.29) is 23.7 Å². The van der Waals surface area contributed by atoms with Crippen LogP contribution in [0.4, 0.5) is 14.9 Å². The second kappa shape index (κ2) is 14.2. The summed E-state index contributed by atoms with van der Waals surface area (Å²) in [4.78, 5) is 40.1. The number of benzene rings is 4. The Balaban J connectivity index is 1.40. The highest BCUT2D eigenvalue weighted by Gasteiger charge is 2.37. The molecule has 0 saturated carbocycles. The van der Waals surface area contributed by atoms with Gasteiger partial charge in [-0.1, -0.05) is 48.5 Å². The standard InChI is InChI=1S/C36H31FN2O6/c1-3-9-27-18-26(21-32(43-4-2)33(27)45-23-25-12-8-13-28(37)19-25)20-31-34(40)38-36(42)39(35(31)41)29-14-16-30(17-15-29)44-22-24-10-6-5-7-11-24/h3,5-8,10-21H,1,4,9,22-23H2,2H3,(H,38,40,42)/b31-20+. The van der Waals surface area contributed by atoms with Gasteiger partial charge in [-0.05, 0) is 84.6 Å². The molecule has 0 unspecified atom stereocenters. The number of rotatable bonds is 12. The van der Waals surface area contributed by atoms with Crippen LogP contribution < -0.4 is 24.4 Å². The number of hydrogen-bond donors (Lipinski definition) is 1. The molecule has 1 aliphatic heterocycles. The van der Waals surface area contributed by atoms with Crippen LogP contribution in [0.1, 0.15) is 29.2 Å². The number of anilines is 1. The highest BCUT2D eigenvalue weighted by molar-refractivity contribution is 6.39. The quantitative estimate of drug-likeness (QED) is 0.109. The van der Waals surface area contributed by atoms with Crippen molar-refractivity contribution >= 4 is 29.6 Å². The van der Waals surface area contributed by atoms with E-state index < -0.39 is 17.8 Å². The monoisotopic (exact) mass is 606 g/mol. The number of ether oxygens (including phenoxy) is 3. The zero-order chi connectivity index (χ0) is 31.8. The average Bonchev–Trinajstić information content (AvgIpc) is 3.03. The van der Waals surface area contributed by atoms with E-state index in [0.717, 1.165) is 10.5 Å². The molecule has 5 rings (SSSR count). The molecule has 228 valence electrons. The van der Waals surface area contributed by atoms with Gasteiger partial charge in [-0.2, -0.15) is 0 Å². The number of carbonyl (C=O) groups excluding carboxylic acids is 3. The number of amides is 4. The van der Waals surface area contributed by atoms with Gasteiger partial charge in [0.2, 0.25) is 0 Å². The lowest BCUT2D eigenvalue weighted by Gasteiger charge is -2.26. The molecule has 4 amide bonds. The second-order valence-electron chi connectivity index (χ2n) is 10.1. The summed E-state index contributed by atoms with van der Waals surface area (Å²) >= 11 is 0. The van der Waals surface area contributed by atoms with Gasteiger partial charge in [-0.3, -0.25) is 14.9 Å². The summed E-state index contributed by atoms with van der Waals surface area (Å²) in [6.07, 6.45) is 3.47. The molecule has 0 atom stereocenters. The first-order valence-electron chi connectivity index (χ1n) is 14.3. The van der Waals surface area contributed by atoms with Gasteiger partial charge in [0.25, 0.3) is 11.8 Å². The van der Waals surface area contributed by atoms with Gasteiger partial charge < -0.3 is 14.2 Å². The van der Waals surface area contributed by atoms with Crippen molar-refractivity contribution in [3.63, 3.8) is 0 Å². The molecule has 1 N–H and O–H groups in total. The molecule has 0 bridgehead atoms. The number of carbonyl (C=O) groups is 3. The number of allylic oxidation sites excluding steroid dienone is 1. The number of urea groups is 1. The Morgan fingerprint density at radius 2 is 1.58 bits per heavy atom. The third-order valence-corrected chi connectivity index (χ3v) is 6.85. The molecular weight excluding hydrogens is 575 g/mol. The van der Waals surface area contributed by atoms with E-state index in [4.69, 9.17) is 14.2 Å². The van der Waals surface area contributed by atoms with Crippen molar-refractivity contribution in [1.29, 1.82) is 0 Å². The Bertz CT molecular complexity index is 1750. The number of imide groups is 2. The first-order chi connectivity index (χ1) is 21.9. The Labute approximate surface area is 260 Å². The summed E-state index contributed by atoms with van der Waals surface area (Å²) in [5.74, 6) is -0.603. The van der Waals surface area contributed by atoms with Gasteiger partial charge in [-0.15, -0.1) is 6.58 Å². The van der Waals surface area contributed by atoms with E-state index >= 15 is 0 Å². The smallest absolute Gasteiger partial charge is 0.335 e. The lowest BCUT2D eigenvalue weighted by atomic mass is 10.0. The molecule has 8 nitrogen and oxygen atoms in total. The van der Waals surface area contributed by atoms with E-state index in [1.54, 1.807) is 54.6 Å². The van der Waals surface area contributed by atoms with Gasteiger partial charge in [-0.25, -0.2) is 14.1 Å². The van der Waals surface area contributed by atoms with Crippen LogP contribution in [-0.2, 0) is 29.2 Å². The highest BCUT2D eigenvalue weighted by atomic mass is 19.1. The molecule has 1 heterocycles. The number of barbiturate groups is 1. The fraction of sp³-hybridized carbons (Fsp3) is 0.139. The van der Waals surface area contributed by atoms with Crippen molar-refractivity contribution in [2.75, 3.05) is 11.5 Å². The Kier molecular flexibility index (Phi) is 9.69. The largest absolute Gasteiger partial charge is 0.490 e. The zero-order valence-electron chi connectivity index (χ0n) is 24.6. The molecule has 1 fully saturated rings. The topological polar surface area (TPSA) is 94.2 Å². The molecule has 0 radical (unpaired) electrons. The molecule has 9 heteroatoms. The van der Waals surface area contributed by atoms with Gasteiger partial charge >= 0.3 is 6.03 Å². The van der Waals surface area contributed by atoms with Gasteiger partial charge in [0.15, 0.2) is 11.5 Å².